The zero-order chi connectivity index (χ0) is 9.31. The van der Waals surface area contributed by atoms with E-state index in [1.807, 2.05) is 0 Å². The number of piperidine rings is 1. The van der Waals surface area contributed by atoms with Crippen molar-refractivity contribution < 1.29 is 0 Å². The Hall–Kier alpha value is -0.0400. The summed E-state index contributed by atoms with van der Waals surface area (Å²) in [5.74, 6) is 1.03. The van der Waals surface area contributed by atoms with Gasteiger partial charge < -0.3 is 4.90 Å². The fraction of sp³-hybridized carbons (Fsp3) is 1.00. The Morgan fingerprint density at radius 2 is 2.00 bits per heavy atom. The molecule has 0 aromatic rings. The molecule has 0 radical (unpaired) electrons. The summed E-state index contributed by atoms with van der Waals surface area (Å²) >= 11 is 0. The standard InChI is InChI=1S/C12H23N/c1-3-11-6-9-13(2)10-12(11)7-4-5-8-12/h11H,3-10H2,1-2H3. The topological polar surface area (TPSA) is 3.24 Å². The largest absolute Gasteiger partial charge is 0.306 e. The van der Waals surface area contributed by atoms with E-state index in [0.717, 1.165) is 11.3 Å². The molecule has 0 amide bonds. The SMILES string of the molecule is CCC1CCN(C)CC12CCCC2. The van der Waals surface area contributed by atoms with Crippen molar-refractivity contribution in [2.75, 3.05) is 20.1 Å². The molecule has 1 saturated heterocycles. The molecule has 1 unspecified atom stereocenters. The highest BCUT2D eigenvalue weighted by molar-refractivity contribution is 4.95. The lowest BCUT2D eigenvalue weighted by Crippen LogP contribution is -2.45. The second-order valence-electron chi connectivity index (χ2n) is 5.20. The van der Waals surface area contributed by atoms with Crippen LogP contribution in [0.25, 0.3) is 0 Å². The smallest absolute Gasteiger partial charge is 0.00376 e. The van der Waals surface area contributed by atoms with Crippen LogP contribution in [0.2, 0.25) is 0 Å². The van der Waals surface area contributed by atoms with E-state index in [0.29, 0.717) is 0 Å². The zero-order valence-electron chi connectivity index (χ0n) is 9.18. The Labute approximate surface area is 82.5 Å². The third-order valence-corrected chi connectivity index (χ3v) is 4.40. The summed E-state index contributed by atoms with van der Waals surface area (Å²) in [6.45, 7) is 5.10. The summed E-state index contributed by atoms with van der Waals surface area (Å²) in [5, 5.41) is 0. The lowest BCUT2D eigenvalue weighted by Gasteiger charge is -2.45. The molecule has 0 aromatic heterocycles. The van der Waals surface area contributed by atoms with Crippen LogP contribution in [0.15, 0.2) is 0 Å². The molecule has 1 saturated carbocycles. The fourth-order valence-corrected chi connectivity index (χ4v) is 3.71. The molecule has 1 atom stereocenters. The third-order valence-electron chi connectivity index (χ3n) is 4.40. The van der Waals surface area contributed by atoms with Gasteiger partial charge in [-0.2, -0.15) is 0 Å². The van der Waals surface area contributed by atoms with Crippen LogP contribution >= 0.6 is 0 Å². The summed E-state index contributed by atoms with van der Waals surface area (Å²) in [5.41, 5.74) is 0.738. The third kappa shape index (κ3) is 1.63. The molecular weight excluding hydrogens is 158 g/mol. The van der Waals surface area contributed by atoms with Crippen molar-refractivity contribution in [3.63, 3.8) is 0 Å². The second-order valence-corrected chi connectivity index (χ2v) is 5.20. The molecule has 1 aliphatic heterocycles. The maximum atomic E-state index is 2.55. The van der Waals surface area contributed by atoms with E-state index in [2.05, 4.69) is 18.9 Å². The van der Waals surface area contributed by atoms with Crippen molar-refractivity contribution >= 4 is 0 Å². The van der Waals surface area contributed by atoms with Crippen LogP contribution < -0.4 is 0 Å². The Balaban J connectivity index is 2.10. The van der Waals surface area contributed by atoms with Gasteiger partial charge in [-0.3, -0.25) is 0 Å². The molecule has 2 rings (SSSR count). The Morgan fingerprint density at radius 1 is 1.31 bits per heavy atom. The van der Waals surface area contributed by atoms with Crippen LogP contribution in [0.3, 0.4) is 0 Å². The normalized spacial score (nSPS) is 34.2. The van der Waals surface area contributed by atoms with Gasteiger partial charge in [-0.25, -0.2) is 0 Å². The average molecular weight is 181 g/mol. The summed E-state index contributed by atoms with van der Waals surface area (Å²) in [6, 6.07) is 0. The first-order valence-electron chi connectivity index (χ1n) is 5.95. The number of rotatable bonds is 1. The van der Waals surface area contributed by atoms with Gasteiger partial charge in [0.25, 0.3) is 0 Å². The van der Waals surface area contributed by atoms with Gasteiger partial charge in [0.15, 0.2) is 0 Å². The molecule has 1 heteroatoms. The van der Waals surface area contributed by atoms with Gasteiger partial charge in [0.05, 0.1) is 0 Å². The molecule has 2 aliphatic rings. The monoisotopic (exact) mass is 181 g/mol. The molecule has 13 heavy (non-hydrogen) atoms. The maximum absolute atomic E-state index is 2.55. The second kappa shape index (κ2) is 3.61. The van der Waals surface area contributed by atoms with Crippen molar-refractivity contribution in [2.45, 2.75) is 45.4 Å². The molecule has 76 valence electrons. The highest BCUT2D eigenvalue weighted by atomic mass is 15.1. The van der Waals surface area contributed by atoms with Crippen molar-refractivity contribution in [3.05, 3.63) is 0 Å². The minimum Gasteiger partial charge on any atom is -0.306 e. The zero-order valence-corrected chi connectivity index (χ0v) is 9.18. The molecular formula is C12H23N. The van der Waals surface area contributed by atoms with Gasteiger partial charge in [0.2, 0.25) is 0 Å². The molecule has 0 N–H and O–H groups in total. The van der Waals surface area contributed by atoms with E-state index in [1.54, 1.807) is 0 Å². The quantitative estimate of drug-likeness (QED) is 0.601. The molecule has 1 nitrogen and oxygen atoms in total. The van der Waals surface area contributed by atoms with Crippen LogP contribution in [-0.4, -0.2) is 25.0 Å². The Kier molecular flexibility index (Phi) is 2.64. The van der Waals surface area contributed by atoms with Crippen molar-refractivity contribution in [1.82, 2.24) is 4.90 Å². The van der Waals surface area contributed by atoms with Crippen LogP contribution in [0.4, 0.5) is 0 Å². The van der Waals surface area contributed by atoms with Gasteiger partial charge in [0.1, 0.15) is 0 Å². The van der Waals surface area contributed by atoms with Crippen LogP contribution in [0.5, 0.6) is 0 Å². The van der Waals surface area contributed by atoms with Crippen LogP contribution in [-0.2, 0) is 0 Å². The van der Waals surface area contributed by atoms with Crippen LogP contribution in [0, 0.1) is 11.3 Å². The lowest BCUT2D eigenvalue weighted by atomic mass is 9.68. The first kappa shape index (κ1) is 9.51. The highest BCUT2D eigenvalue weighted by Crippen LogP contribution is 2.49. The van der Waals surface area contributed by atoms with E-state index >= 15 is 0 Å². The molecule has 0 aromatic carbocycles. The van der Waals surface area contributed by atoms with Crippen molar-refractivity contribution in [2.24, 2.45) is 11.3 Å². The average Bonchev–Trinajstić information content (AvgIpc) is 2.54. The minimum atomic E-state index is 0.738. The summed E-state index contributed by atoms with van der Waals surface area (Å²) in [7, 11) is 2.30. The van der Waals surface area contributed by atoms with E-state index in [-0.39, 0.29) is 0 Å². The molecule has 1 spiro atoms. The minimum absolute atomic E-state index is 0.738. The Morgan fingerprint density at radius 3 is 2.62 bits per heavy atom. The van der Waals surface area contributed by atoms with E-state index in [4.69, 9.17) is 0 Å². The molecule has 0 bridgehead atoms. The fourth-order valence-electron chi connectivity index (χ4n) is 3.71. The number of likely N-dealkylation sites (tertiary alicyclic amines) is 1. The van der Waals surface area contributed by atoms with Gasteiger partial charge >= 0.3 is 0 Å². The molecule has 1 heterocycles. The first-order valence-corrected chi connectivity index (χ1v) is 5.95. The van der Waals surface area contributed by atoms with Gasteiger partial charge in [-0.1, -0.05) is 26.2 Å². The van der Waals surface area contributed by atoms with Gasteiger partial charge in [-0.05, 0) is 44.2 Å². The maximum Gasteiger partial charge on any atom is 0.00376 e. The van der Waals surface area contributed by atoms with E-state index in [9.17, 15) is 0 Å². The predicted molar refractivity (Wildman–Crippen MR) is 56.8 cm³/mol. The lowest BCUT2D eigenvalue weighted by molar-refractivity contribution is 0.0430. The first-order chi connectivity index (χ1) is 6.27. The Bertz CT molecular complexity index is 170. The van der Waals surface area contributed by atoms with Gasteiger partial charge in [0, 0.05) is 6.54 Å². The predicted octanol–water partition coefficient (Wildman–Crippen LogP) is 2.91. The summed E-state index contributed by atoms with van der Waals surface area (Å²) < 4.78 is 0. The number of hydrogen-bond donors (Lipinski definition) is 0. The van der Waals surface area contributed by atoms with Crippen molar-refractivity contribution in [3.8, 4) is 0 Å². The highest BCUT2D eigenvalue weighted by Gasteiger charge is 2.43. The summed E-state index contributed by atoms with van der Waals surface area (Å²) in [4.78, 5) is 2.55. The van der Waals surface area contributed by atoms with Gasteiger partial charge in [-0.15, -0.1) is 0 Å². The van der Waals surface area contributed by atoms with E-state index in [1.165, 1.54) is 51.6 Å². The van der Waals surface area contributed by atoms with Crippen LogP contribution in [0.1, 0.15) is 45.4 Å². The van der Waals surface area contributed by atoms with Crippen molar-refractivity contribution in [1.29, 1.82) is 0 Å². The number of hydrogen-bond acceptors (Lipinski definition) is 1. The number of nitrogens with zero attached hydrogens (tertiary/aromatic N) is 1. The summed E-state index contributed by atoms with van der Waals surface area (Å²) in [6.07, 6.45) is 8.86. The van der Waals surface area contributed by atoms with E-state index < -0.39 is 0 Å². The molecule has 2 fully saturated rings. The molecule has 1 aliphatic carbocycles.